The zero-order valence-corrected chi connectivity index (χ0v) is 20.3. The molecule has 1 atom stereocenters. The number of nitrogens with zero attached hydrogens (tertiary/aromatic N) is 4. The molecule has 166 valence electrons. The van der Waals surface area contributed by atoms with Crippen LogP contribution in [0, 0.1) is 0 Å². The first-order chi connectivity index (χ1) is 14.0. The van der Waals surface area contributed by atoms with Crippen molar-refractivity contribution >= 4 is 35.6 Å². The Morgan fingerprint density at radius 1 is 1.27 bits per heavy atom. The first-order valence-electron chi connectivity index (χ1n) is 10.1. The predicted octanol–water partition coefficient (Wildman–Crippen LogP) is 1.84. The van der Waals surface area contributed by atoms with Crippen molar-refractivity contribution in [3.05, 3.63) is 47.8 Å². The SMILES string of the molecule is CCNC(=NCc1ccccc1N1CCOCC1)NCC(C)(O)c1cnn(C)c1.I. The summed E-state index contributed by atoms with van der Waals surface area (Å²) >= 11 is 0. The fourth-order valence-corrected chi connectivity index (χ4v) is 3.32. The van der Waals surface area contributed by atoms with E-state index in [9.17, 15) is 5.11 Å². The number of rotatable bonds is 7. The predicted molar refractivity (Wildman–Crippen MR) is 130 cm³/mol. The van der Waals surface area contributed by atoms with E-state index in [4.69, 9.17) is 9.73 Å². The van der Waals surface area contributed by atoms with E-state index in [1.54, 1.807) is 17.8 Å². The second-order valence-electron chi connectivity index (χ2n) is 7.45. The Balaban J connectivity index is 0.00000320. The van der Waals surface area contributed by atoms with Gasteiger partial charge in [-0.3, -0.25) is 4.68 Å². The van der Waals surface area contributed by atoms with Gasteiger partial charge < -0.3 is 25.4 Å². The van der Waals surface area contributed by atoms with Crippen LogP contribution in [0.5, 0.6) is 0 Å². The molecule has 9 heteroatoms. The summed E-state index contributed by atoms with van der Waals surface area (Å²) in [5.41, 5.74) is 2.10. The fourth-order valence-electron chi connectivity index (χ4n) is 3.32. The van der Waals surface area contributed by atoms with Crippen molar-refractivity contribution in [3.8, 4) is 0 Å². The maximum Gasteiger partial charge on any atom is 0.191 e. The number of hydrogen-bond donors (Lipinski definition) is 3. The largest absolute Gasteiger partial charge is 0.383 e. The Hall–Kier alpha value is -1.85. The van der Waals surface area contributed by atoms with Crippen molar-refractivity contribution in [2.45, 2.75) is 26.0 Å². The third-order valence-electron chi connectivity index (χ3n) is 5.02. The Bertz CT molecular complexity index is 817. The molecule has 3 rings (SSSR count). The minimum atomic E-state index is -1.05. The Morgan fingerprint density at radius 3 is 2.67 bits per heavy atom. The van der Waals surface area contributed by atoms with E-state index >= 15 is 0 Å². The van der Waals surface area contributed by atoms with Gasteiger partial charge in [0.1, 0.15) is 5.60 Å². The lowest BCUT2D eigenvalue weighted by molar-refractivity contribution is 0.0616. The van der Waals surface area contributed by atoms with Gasteiger partial charge >= 0.3 is 0 Å². The average molecular weight is 528 g/mol. The van der Waals surface area contributed by atoms with Crippen LogP contribution in [-0.4, -0.2) is 60.2 Å². The molecule has 2 heterocycles. The molecule has 1 fully saturated rings. The lowest BCUT2D eigenvalue weighted by Gasteiger charge is -2.30. The maximum absolute atomic E-state index is 10.8. The van der Waals surface area contributed by atoms with Crippen LogP contribution < -0.4 is 15.5 Å². The van der Waals surface area contributed by atoms with Crippen LogP contribution in [0.15, 0.2) is 41.7 Å². The summed E-state index contributed by atoms with van der Waals surface area (Å²) in [5.74, 6) is 0.674. The highest BCUT2D eigenvalue weighted by atomic mass is 127. The Morgan fingerprint density at radius 2 is 2.00 bits per heavy atom. The molecule has 0 radical (unpaired) electrons. The first kappa shape index (κ1) is 24.4. The molecule has 8 nitrogen and oxygen atoms in total. The number of ether oxygens (including phenoxy) is 1. The molecule has 0 amide bonds. The Labute approximate surface area is 195 Å². The number of hydrogen-bond acceptors (Lipinski definition) is 5. The molecular formula is C21H33IN6O2. The number of nitrogens with one attached hydrogen (secondary N) is 2. The summed E-state index contributed by atoms with van der Waals surface area (Å²) < 4.78 is 7.16. The topological polar surface area (TPSA) is 86.9 Å². The van der Waals surface area contributed by atoms with Gasteiger partial charge in [0.15, 0.2) is 5.96 Å². The van der Waals surface area contributed by atoms with Gasteiger partial charge in [0.05, 0.1) is 32.5 Å². The third kappa shape index (κ3) is 6.58. The molecule has 1 aliphatic rings. The van der Waals surface area contributed by atoms with Gasteiger partial charge in [-0.05, 0) is 25.5 Å². The molecule has 0 aliphatic carbocycles. The lowest BCUT2D eigenvalue weighted by Crippen LogP contribution is -2.44. The van der Waals surface area contributed by atoms with Gasteiger partial charge in [0, 0.05) is 44.1 Å². The van der Waals surface area contributed by atoms with Gasteiger partial charge in [-0.2, -0.15) is 5.10 Å². The molecule has 1 aromatic carbocycles. The monoisotopic (exact) mass is 528 g/mol. The van der Waals surface area contributed by atoms with Crippen molar-refractivity contribution < 1.29 is 9.84 Å². The van der Waals surface area contributed by atoms with Gasteiger partial charge in [-0.15, -0.1) is 24.0 Å². The minimum absolute atomic E-state index is 0. The van der Waals surface area contributed by atoms with Crippen molar-refractivity contribution in [1.82, 2.24) is 20.4 Å². The molecule has 1 aromatic heterocycles. The summed E-state index contributed by atoms with van der Waals surface area (Å²) in [5, 5.41) is 21.5. The highest BCUT2D eigenvalue weighted by Gasteiger charge is 2.25. The third-order valence-corrected chi connectivity index (χ3v) is 5.02. The molecular weight excluding hydrogens is 495 g/mol. The smallest absolute Gasteiger partial charge is 0.191 e. The van der Waals surface area contributed by atoms with E-state index in [-0.39, 0.29) is 24.0 Å². The van der Waals surface area contributed by atoms with Gasteiger partial charge in [-0.1, -0.05) is 18.2 Å². The zero-order valence-electron chi connectivity index (χ0n) is 18.0. The van der Waals surface area contributed by atoms with Gasteiger partial charge in [0.25, 0.3) is 0 Å². The highest BCUT2D eigenvalue weighted by Crippen LogP contribution is 2.22. The van der Waals surface area contributed by atoms with Crippen molar-refractivity contribution in [1.29, 1.82) is 0 Å². The van der Waals surface area contributed by atoms with Crippen molar-refractivity contribution in [2.24, 2.45) is 12.0 Å². The molecule has 30 heavy (non-hydrogen) atoms. The van der Waals surface area contributed by atoms with E-state index < -0.39 is 5.60 Å². The van der Waals surface area contributed by atoms with E-state index in [0.29, 0.717) is 19.0 Å². The normalized spacial score (nSPS) is 16.5. The summed E-state index contributed by atoms with van der Waals surface area (Å²) in [6.07, 6.45) is 3.51. The van der Waals surface area contributed by atoms with E-state index in [2.05, 4.69) is 38.8 Å². The van der Waals surface area contributed by atoms with E-state index in [1.807, 2.05) is 26.2 Å². The fraction of sp³-hybridized carbons (Fsp3) is 0.524. The maximum atomic E-state index is 10.8. The highest BCUT2D eigenvalue weighted by molar-refractivity contribution is 14.0. The average Bonchev–Trinajstić information content (AvgIpc) is 3.18. The molecule has 1 aliphatic heterocycles. The summed E-state index contributed by atoms with van der Waals surface area (Å²) in [7, 11) is 1.84. The number of morpholine rings is 1. The number of guanidine groups is 1. The number of benzene rings is 1. The van der Waals surface area contributed by atoms with E-state index in [0.717, 1.165) is 38.4 Å². The zero-order chi connectivity index (χ0) is 20.7. The molecule has 0 bridgehead atoms. The Kier molecular flexibility index (Phi) is 9.37. The number of aryl methyl sites for hydroxylation is 1. The second kappa shape index (κ2) is 11.5. The van der Waals surface area contributed by atoms with Crippen LogP contribution in [0.1, 0.15) is 25.0 Å². The van der Waals surface area contributed by atoms with Crippen LogP contribution in [0.25, 0.3) is 0 Å². The van der Waals surface area contributed by atoms with Crippen LogP contribution in [0.2, 0.25) is 0 Å². The standard InChI is InChI=1S/C21H32N6O2.HI/c1-4-22-20(24-16-21(2,28)18-14-25-26(3)15-18)23-13-17-7-5-6-8-19(17)27-9-11-29-12-10-27;/h5-8,14-15,28H,4,9-13,16H2,1-3H3,(H2,22,23,24);1H. The van der Waals surface area contributed by atoms with Crippen LogP contribution >= 0.6 is 24.0 Å². The molecule has 0 saturated carbocycles. The molecule has 0 spiro atoms. The molecule has 1 unspecified atom stereocenters. The summed E-state index contributed by atoms with van der Waals surface area (Å²) in [6.45, 7) is 8.72. The molecule has 1 saturated heterocycles. The number of aromatic nitrogens is 2. The van der Waals surface area contributed by atoms with Gasteiger partial charge in [-0.25, -0.2) is 4.99 Å². The lowest BCUT2D eigenvalue weighted by atomic mass is 10.00. The second-order valence-corrected chi connectivity index (χ2v) is 7.45. The minimum Gasteiger partial charge on any atom is -0.383 e. The van der Waals surface area contributed by atoms with Crippen LogP contribution in [0.4, 0.5) is 5.69 Å². The van der Waals surface area contributed by atoms with Gasteiger partial charge in [0.2, 0.25) is 0 Å². The number of anilines is 1. The number of halogens is 1. The quantitative estimate of drug-likeness (QED) is 0.289. The first-order valence-corrected chi connectivity index (χ1v) is 10.1. The molecule has 2 aromatic rings. The number of aliphatic imine (C=N–C) groups is 1. The molecule has 3 N–H and O–H groups in total. The number of para-hydroxylation sites is 1. The van der Waals surface area contributed by atoms with E-state index in [1.165, 1.54) is 11.3 Å². The van der Waals surface area contributed by atoms with Crippen molar-refractivity contribution in [2.75, 3.05) is 44.3 Å². The van der Waals surface area contributed by atoms with Crippen molar-refractivity contribution in [3.63, 3.8) is 0 Å². The number of aliphatic hydroxyl groups is 1. The van der Waals surface area contributed by atoms with Crippen LogP contribution in [-0.2, 0) is 23.9 Å². The summed E-state index contributed by atoms with van der Waals surface area (Å²) in [4.78, 5) is 7.09. The van der Waals surface area contributed by atoms with Crippen LogP contribution in [0.3, 0.4) is 0 Å². The summed E-state index contributed by atoms with van der Waals surface area (Å²) in [6, 6.07) is 8.36.